The van der Waals surface area contributed by atoms with Crippen molar-refractivity contribution < 1.29 is 0 Å². The summed E-state index contributed by atoms with van der Waals surface area (Å²) >= 11 is 0. The predicted molar refractivity (Wildman–Crippen MR) is 143 cm³/mol. The van der Waals surface area contributed by atoms with Crippen molar-refractivity contribution in [1.29, 1.82) is 0 Å². The molecule has 0 radical (unpaired) electrons. The second-order valence-electron chi connectivity index (χ2n) is 8.29. The second kappa shape index (κ2) is 16.2. The number of benzene rings is 1. The molecule has 32 heavy (non-hydrogen) atoms. The molecule has 2 N–H and O–H groups in total. The van der Waals surface area contributed by atoms with Crippen molar-refractivity contribution in [3.63, 3.8) is 0 Å². The summed E-state index contributed by atoms with van der Waals surface area (Å²) in [6, 6.07) is 12.9. The minimum absolute atomic E-state index is 0. The Morgan fingerprint density at radius 3 is 1.38 bits per heavy atom. The van der Waals surface area contributed by atoms with Crippen molar-refractivity contribution in [3.8, 4) is 0 Å². The summed E-state index contributed by atoms with van der Waals surface area (Å²) in [7, 11) is 0. The lowest BCUT2D eigenvalue weighted by Crippen LogP contribution is -2.16. The van der Waals surface area contributed by atoms with Crippen LogP contribution in [0.25, 0.3) is 21.8 Å². The largest absolute Gasteiger partial charge is 0.311 e. The van der Waals surface area contributed by atoms with Crippen molar-refractivity contribution in [2.45, 2.75) is 78.3 Å². The first-order valence-corrected chi connectivity index (χ1v) is 11.9. The van der Waals surface area contributed by atoms with E-state index in [1.54, 1.807) is 0 Å². The number of pyridine rings is 2. The van der Waals surface area contributed by atoms with E-state index in [2.05, 4.69) is 60.9 Å². The van der Waals surface area contributed by atoms with Crippen LogP contribution in [0, 0.1) is 0 Å². The van der Waals surface area contributed by atoms with Gasteiger partial charge in [-0.05, 0) is 38.1 Å². The van der Waals surface area contributed by atoms with Gasteiger partial charge in [0.2, 0.25) is 0 Å². The first-order chi connectivity index (χ1) is 14.8. The van der Waals surface area contributed by atoms with Gasteiger partial charge >= 0.3 is 0 Å². The van der Waals surface area contributed by atoms with Gasteiger partial charge < -0.3 is 10.6 Å². The van der Waals surface area contributed by atoms with E-state index in [4.69, 9.17) is 9.97 Å². The summed E-state index contributed by atoms with van der Waals surface area (Å²) in [4.78, 5) is 9.93. The zero-order valence-corrected chi connectivity index (χ0v) is 21.3. The van der Waals surface area contributed by atoms with Gasteiger partial charge in [0, 0.05) is 23.9 Å². The third-order valence-corrected chi connectivity index (χ3v) is 5.66. The maximum Gasteiger partial charge on any atom is 0.0968 e. The monoisotopic (exact) mass is 478 g/mol. The summed E-state index contributed by atoms with van der Waals surface area (Å²) in [5.74, 6) is 0. The van der Waals surface area contributed by atoms with E-state index in [0.717, 1.165) is 59.4 Å². The molecule has 0 aliphatic heterocycles. The molecule has 0 unspecified atom stereocenters. The number of hydrogen-bond acceptors (Lipinski definition) is 4. The Bertz CT molecular complexity index is 842. The minimum atomic E-state index is 0. The van der Waals surface area contributed by atoms with E-state index in [1.165, 1.54) is 51.4 Å². The number of hydrogen-bond donors (Lipinski definition) is 2. The van der Waals surface area contributed by atoms with Crippen LogP contribution in [0.2, 0.25) is 0 Å². The van der Waals surface area contributed by atoms with Gasteiger partial charge in [-0.2, -0.15) is 0 Å². The standard InChI is InChI=1S/C26H38N4.2ClH/c1-3-5-7-9-17-27-19-23-15-13-21-11-12-22-14-16-24(30-26(22)25(21)29-23)20-28-18-10-8-6-4-2;;/h11-16,27-28H,3-10,17-20H2,1-2H3;2*1H. The van der Waals surface area contributed by atoms with Crippen molar-refractivity contribution in [2.75, 3.05) is 13.1 Å². The number of nitrogens with zero attached hydrogens (tertiary/aromatic N) is 2. The molecule has 4 nitrogen and oxygen atoms in total. The summed E-state index contributed by atoms with van der Waals surface area (Å²) in [6.07, 6.45) is 10.3. The van der Waals surface area contributed by atoms with Gasteiger partial charge in [-0.1, -0.05) is 76.6 Å². The Hall–Kier alpha value is -1.46. The highest BCUT2D eigenvalue weighted by molar-refractivity contribution is 6.02. The van der Waals surface area contributed by atoms with E-state index in [9.17, 15) is 0 Å². The number of fused-ring (bicyclic) bond motifs is 3. The topological polar surface area (TPSA) is 49.8 Å². The lowest BCUT2D eigenvalue weighted by atomic mass is 10.1. The van der Waals surface area contributed by atoms with Gasteiger partial charge in [0.05, 0.1) is 22.4 Å². The molecule has 3 aromatic rings. The predicted octanol–water partition coefficient (Wildman–Crippen LogP) is 6.97. The average Bonchev–Trinajstić information content (AvgIpc) is 2.78. The average molecular weight is 480 g/mol. The van der Waals surface area contributed by atoms with Crippen LogP contribution in [0.3, 0.4) is 0 Å². The summed E-state index contributed by atoms with van der Waals surface area (Å²) < 4.78 is 0. The quantitative estimate of drug-likeness (QED) is 0.194. The van der Waals surface area contributed by atoms with Crippen LogP contribution in [-0.4, -0.2) is 23.1 Å². The normalized spacial score (nSPS) is 10.8. The highest BCUT2D eigenvalue weighted by atomic mass is 35.5. The first-order valence-electron chi connectivity index (χ1n) is 11.9. The molecule has 6 heteroatoms. The zero-order valence-electron chi connectivity index (χ0n) is 19.7. The molecule has 0 spiro atoms. The van der Waals surface area contributed by atoms with Gasteiger partial charge in [-0.3, -0.25) is 0 Å². The molecule has 0 fully saturated rings. The molecule has 0 saturated carbocycles. The Morgan fingerprint density at radius 2 is 0.969 bits per heavy atom. The maximum absolute atomic E-state index is 4.96. The molecule has 0 aliphatic carbocycles. The minimum Gasteiger partial charge on any atom is -0.311 e. The van der Waals surface area contributed by atoms with Crippen LogP contribution in [0.4, 0.5) is 0 Å². The van der Waals surface area contributed by atoms with Crippen LogP contribution in [-0.2, 0) is 13.1 Å². The van der Waals surface area contributed by atoms with E-state index in [-0.39, 0.29) is 24.8 Å². The van der Waals surface area contributed by atoms with E-state index in [0.29, 0.717) is 0 Å². The third-order valence-electron chi connectivity index (χ3n) is 5.66. The fraction of sp³-hybridized carbons (Fsp3) is 0.538. The molecule has 1 aromatic carbocycles. The summed E-state index contributed by atoms with van der Waals surface area (Å²) in [5, 5.41) is 9.40. The van der Waals surface area contributed by atoms with Gasteiger partial charge in [-0.15, -0.1) is 24.8 Å². The van der Waals surface area contributed by atoms with Crippen LogP contribution in [0.15, 0.2) is 36.4 Å². The fourth-order valence-electron chi connectivity index (χ4n) is 3.83. The second-order valence-corrected chi connectivity index (χ2v) is 8.29. The van der Waals surface area contributed by atoms with Gasteiger partial charge in [0.1, 0.15) is 0 Å². The Balaban J connectivity index is 0.00000256. The van der Waals surface area contributed by atoms with E-state index < -0.39 is 0 Å². The smallest absolute Gasteiger partial charge is 0.0968 e. The van der Waals surface area contributed by atoms with Crippen LogP contribution in [0.1, 0.15) is 76.6 Å². The summed E-state index contributed by atoms with van der Waals surface area (Å²) in [5.41, 5.74) is 4.21. The molecule has 0 aliphatic rings. The summed E-state index contributed by atoms with van der Waals surface area (Å²) in [6.45, 7) is 8.25. The van der Waals surface area contributed by atoms with Crippen LogP contribution >= 0.6 is 24.8 Å². The van der Waals surface area contributed by atoms with Gasteiger partial charge in [0.15, 0.2) is 0 Å². The number of halogens is 2. The number of rotatable bonds is 14. The Labute approximate surface area is 206 Å². The molecule has 2 heterocycles. The lowest BCUT2D eigenvalue weighted by molar-refractivity contribution is 0.594. The highest BCUT2D eigenvalue weighted by Crippen LogP contribution is 2.23. The first kappa shape index (κ1) is 28.6. The molecule has 3 rings (SSSR count). The zero-order chi connectivity index (χ0) is 21.0. The molecule has 0 saturated heterocycles. The van der Waals surface area contributed by atoms with Gasteiger partial charge in [-0.25, -0.2) is 9.97 Å². The van der Waals surface area contributed by atoms with Crippen molar-refractivity contribution in [1.82, 2.24) is 20.6 Å². The molecule has 0 amide bonds. The molecule has 2 aromatic heterocycles. The molecular formula is C26H40Cl2N4. The Kier molecular flexibility index (Phi) is 14.5. The van der Waals surface area contributed by atoms with Crippen LogP contribution < -0.4 is 10.6 Å². The molecular weight excluding hydrogens is 439 g/mol. The van der Waals surface area contributed by atoms with Gasteiger partial charge in [0.25, 0.3) is 0 Å². The molecule has 178 valence electrons. The van der Waals surface area contributed by atoms with E-state index >= 15 is 0 Å². The third kappa shape index (κ3) is 8.82. The van der Waals surface area contributed by atoms with Crippen molar-refractivity contribution in [3.05, 3.63) is 47.8 Å². The number of unbranched alkanes of at least 4 members (excludes halogenated alkanes) is 6. The highest BCUT2D eigenvalue weighted by Gasteiger charge is 2.06. The molecule has 0 bridgehead atoms. The Morgan fingerprint density at radius 1 is 0.562 bits per heavy atom. The van der Waals surface area contributed by atoms with Crippen molar-refractivity contribution in [2.24, 2.45) is 0 Å². The fourth-order valence-corrected chi connectivity index (χ4v) is 3.83. The number of aromatic nitrogens is 2. The maximum atomic E-state index is 4.96. The van der Waals surface area contributed by atoms with Crippen LogP contribution in [0.5, 0.6) is 0 Å². The van der Waals surface area contributed by atoms with E-state index in [1.807, 2.05) is 0 Å². The lowest BCUT2D eigenvalue weighted by Gasteiger charge is -2.09. The van der Waals surface area contributed by atoms with Crippen molar-refractivity contribution >= 4 is 46.6 Å². The number of nitrogens with one attached hydrogen (secondary N) is 2. The molecule has 0 atom stereocenters. The SMILES string of the molecule is CCCCCCNCc1ccc2ccc3ccc(CNCCCCCC)nc3c2n1.Cl.Cl.